The van der Waals surface area contributed by atoms with Crippen LogP contribution in [0.5, 0.6) is 11.5 Å². The molecule has 0 saturated heterocycles. The Balaban J connectivity index is 0.000000170. The molecule has 5 rings (SSSR count). The molecule has 2 N–H and O–H groups in total. The molecule has 0 bridgehead atoms. The van der Waals surface area contributed by atoms with E-state index in [4.69, 9.17) is 0 Å². The van der Waals surface area contributed by atoms with Crippen molar-refractivity contribution in [2.45, 2.75) is 12.8 Å². The zero-order valence-corrected chi connectivity index (χ0v) is 19.4. The third kappa shape index (κ3) is 4.44. The Labute approximate surface area is 207 Å². The first kappa shape index (κ1) is 24.3. The molecular weight excluding hydrogens is 456 g/mol. The zero-order chi connectivity index (χ0) is 26.0. The van der Waals surface area contributed by atoms with Crippen LogP contribution in [0.2, 0.25) is 0 Å². The van der Waals surface area contributed by atoms with Gasteiger partial charge in [0.1, 0.15) is 11.5 Å². The van der Waals surface area contributed by atoms with Crippen LogP contribution in [0.25, 0.3) is 0 Å². The highest BCUT2D eigenvalue weighted by atomic mass is 16.3. The van der Waals surface area contributed by atoms with Crippen molar-refractivity contribution in [3.63, 3.8) is 0 Å². The average Bonchev–Trinajstić information content (AvgIpc) is 2.85. The highest BCUT2D eigenvalue weighted by Gasteiger charge is 2.34. The molecular formula is C30H22O6. The van der Waals surface area contributed by atoms with Gasteiger partial charge in [-0.25, -0.2) is 0 Å². The number of carbonyl (C=O) groups excluding carboxylic acids is 4. The largest absolute Gasteiger partial charge is 0.507 e. The summed E-state index contributed by atoms with van der Waals surface area (Å²) in [5, 5.41) is 19.6. The van der Waals surface area contributed by atoms with Crippen LogP contribution in [0.3, 0.4) is 0 Å². The number of aryl methyl sites for hydroxylation is 1. The molecule has 0 spiro atoms. The van der Waals surface area contributed by atoms with E-state index in [2.05, 4.69) is 6.58 Å². The second-order valence-electron chi connectivity index (χ2n) is 8.39. The topological polar surface area (TPSA) is 109 Å². The van der Waals surface area contributed by atoms with Crippen LogP contribution in [0, 0.1) is 6.92 Å². The van der Waals surface area contributed by atoms with E-state index in [9.17, 15) is 29.4 Å². The lowest BCUT2D eigenvalue weighted by molar-refractivity contribution is -0.114. The molecule has 0 aliphatic heterocycles. The number of allylic oxidation sites excluding steroid dienone is 5. The first-order chi connectivity index (χ1) is 17.2. The molecule has 36 heavy (non-hydrogen) atoms. The van der Waals surface area contributed by atoms with Gasteiger partial charge in [-0.3, -0.25) is 19.2 Å². The number of rotatable bonds is 3. The van der Waals surface area contributed by atoms with Crippen molar-refractivity contribution in [3.8, 4) is 11.5 Å². The summed E-state index contributed by atoms with van der Waals surface area (Å²) in [6.07, 6.45) is 5.68. The lowest BCUT2D eigenvalue weighted by Gasteiger charge is -2.19. The van der Waals surface area contributed by atoms with Crippen molar-refractivity contribution >= 4 is 23.1 Å². The van der Waals surface area contributed by atoms with Gasteiger partial charge in [0.25, 0.3) is 0 Å². The van der Waals surface area contributed by atoms with Gasteiger partial charge in [0, 0.05) is 22.6 Å². The number of benzene rings is 3. The molecule has 2 aliphatic carbocycles. The van der Waals surface area contributed by atoms with Crippen LogP contribution in [0.4, 0.5) is 0 Å². The van der Waals surface area contributed by atoms with Crippen molar-refractivity contribution in [2.24, 2.45) is 0 Å². The molecule has 0 fully saturated rings. The predicted molar refractivity (Wildman–Crippen MR) is 134 cm³/mol. The second kappa shape index (κ2) is 9.80. The predicted octanol–water partition coefficient (Wildman–Crippen LogP) is 4.77. The zero-order valence-electron chi connectivity index (χ0n) is 19.4. The van der Waals surface area contributed by atoms with Gasteiger partial charge in [-0.2, -0.15) is 0 Å². The average molecular weight is 479 g/mol. The Hall–Kier alpha value is -4.84. The molecule has 3 aromatic carbocycles. The van der Waals surface area contributed by atoms with Gasteiger partial charge < -0.3 is 10.2 Å². The lowest BCUT2D eigenvalue weighted by Crippen LogP contribution is -2.21. The van der Waals surface area contributed by atoms with Crippen molar-refractivity contribution in [3.05, 3.63) is 131 Å². The number of hydrogen-bond donors (Lipinski definition) is 2. The minimum Gasteiger partial charge on any atom is -0.507 e. The molecule has 0 amide bonds. The fourth-order valence-corrected chi connectivity index (χ4v) is 4.30. The molecule has 1 unspecified atom stereocenters. The Kier molecular flexibility index (Phi) is 6.61. The number of carbonyl (C=O) groups is 4. The Morgan fingerprint density at radius 1 is 0.778 bits per heavy atom. The molecule has 0 heterocycles. The van der Waals surface area contributed by atoms with Gasteiger partial charge in [-0.15, -0.1) is 6.58 Å². The Morgan fingerprint density at radius 3 is 2.17 bits per heavy atom. The van der Waals surface area contributed by atoms with Crippen molar-refractivity contribution in [1.29, 1.82) is 0 Å². The number of phenolic OH excluding ortho intramolecular Hbond substituents is 2. The van der Waals surface area contributed by atoms with Gasteiger partial charge in [0.05, 0.1) is 11.1 Å². The van der Waals surface area contributed by atoms with Crippen molar-refractivity contribution in [2.75, 3.05) is 0 Å². The summed E-state index contributed by atoms with van der Waals surface area (Å²) in [6.45, 7) is 5.48. The van der Waals surface area contributed by atoms with Gasteiger partial charge in [-0.05, 0) is 54.5 Å². The molecule has 6 nitrogen and oxygen atoms in total. The molecule has 0 radical (unpaired) electrons. The highest BCUT2D eigenvalue weighted by molar-refractivity contribution is 6.30. The molecule has 178 valence electrons. The van der Waals surface area contributed by atoms with E-state index in [1.54, 1.807) is 19.1 Å². The standard InChI is InChI=1S/C15H10O4.C15H12O2/c1-7-5-9-13(11(17)6-7)15(19)12-8(14(9)18)3-2-4-10(12)16;1-2-13(11-6-4-3-5-7-11)14-10-12(16)8-9-15(14)17/h2-6,16-17H,1H3;2-10,13H,1H2. The maximum absolute atomic E-state index is 12.3. The fourth-order valence-electron chi connectivity index (χ4n) is 4.30. The van der Waals surface area contributed by atoms with E-state index >= 15 is 0 Å². The maximum Gasteiger partial charge on any atom is 0.201 e. The minimum atomic E-state index is -0.528. The molecule has 6 heteroatoms. The van der Waals surface area contributed by atoms with E-state index in [1.165, 1.54) is 42.5 Å². The Morgan fingerprint density at radius 2 is 1.47 bits per heavy atom. The van der Waals surface area contributed by atoms with E-state index < -0.39 is 5.78 Å². The quantitative estimate of drug-likeness (QED) is 0.324. The van der Waals surface area contributed by atoms with Crippen LogP contribution < -0.4 is 0 Å². The van der Waals surface area contributed by atoms with Crippen molar-refractivity contribution in [1.82, 2.24) is 0 Å². The molecule has 3 aromatic rings. The first-order valence-electron chi connectivity index (χ1n) is 11.1. The fraction of sp³-hybridized carbons (Fsp3) is 0.0667. The van der Waals surface area contributed by atoms with Gasteiger partial charge >= 0.3 is 0 Å². The van der Waals surface area contributed by atoms with Gasteiger partial charge in [0.15, 0.2) is 17.3 Å². The number of fused-ring (bicyclic) bond motifs is 2. The van der Waals surface area contributed by atoms with Crippen LogP contribution in [-0.4, -0.2) is 33.3 Å². The summed E-state index contributed by atoms with van der Waals surface area (Å²) in [5.41, 5.74) is 2.41. The summed E-state index contributed by atoms with van der Waals surface area (Å²) in [5.74, 6) is -1.87. The summed E-state index contributed by atoms with van der Waals surface area (Å²) < 4.78 is 0. The summed E-state index contributed by atoms with van der Waals surface area (Å²) in [7, 11) is 0. The Bertz CT molecular complexity index is 1490. The summed E-state index contributed by atoms with van der Waals surface area (Å²) in [6, 6.07) is 16.9. The smallest absolute Gasteiger partial charge is 0.201 e. The number of aromatic hydroxyl groups is 2. The molecule has 0 saturated carbocycles. The third-order valence-electron chi connectivity index (χ3n) is 5.96. The SMILES string of the molecule is C=CC(C1=CC(=O)C=CC1=O)c1ccccc1.Cc1cc(O)c2c(c1)C(=O)c1cccc(O)c1C2=O. The number of phenols is 2. The second-order valence-corrected chi connectivity index (χ2v) is 8.39. The number of hydrogen-bond acceptors (Lipinski definition) is 6. The van der Waals surface area contributed by atoms with Gasteiger partial charge in [-0.1, -0.05) is 48.5 Å². The summed E-state index contributed by atoms with van der Waals surface area (Å²) in [4.78, 5) is 47.7. The van der Waals surface area contributed by atoms with Crippen LogP contribution in [-0.2, 0) is 9.59 Å². The first-order valence-corrected chi connectivity index (χ1v) is 11.1. The maximum atomic E-state index is 12.3. The van der Waals surface area contributed by atoms with Crippen LogP contribution >= 0.6 is 0 Å². The normalized spacial score (nSPS) is 14.8. The van der Waals surface area contributed by atoms with E-state index in [0.29, 0.717) is 11.1 Å². The minimum absolute atomic E-state index is 0.0374. The van der Waals surface area contributed by atoms with Crippen LogP contribution in [0.15, 0.2) is 97.1 Å². The van der Waals surface area contributed by atoms with E-state index in [0.717, 1.165) is 5.56 Å². The van der Waals surface area contributed by atoms with Crippen molar-refractivity contribution < 1.29 is 29.4 Å². The van der Waals surface area contributed by atoms with E-state index in [1.807, 2.05) is 30.3 Å². The summed E-state index contributed by atoms with van der Waals surface area (Å²) >= 11 is 0. The molecule has 0 aromatic heterocycles. The molecule has 2 aliphatic rings. The number of ketones is 4. The molecule has 1 atom stereocenters. The monoisotopic (exact) mass is 478 g/mol. The van der Waals surface area contributed by atoms with Crippen LogP contribution in [0.1, 0.15) is 48.9 Å². The highest BCUT2D eigenvalue weighted by Crippen LogP contribution is 2.37. The van der Waals surface area contributed by atoms with E-state index in [-0.39, 0.29) is 57.0 Å². The van der Waals surface area contributed by atoms with Gasteiger partial charge in [0.2, 0.25) is 5.78 Å². The third-order valence-corrected chi connectivity index (χ3v) is 5.96. The lowest BCUT2D eigenvalue weighted by atomic mass is 9.82.